The Hall–Kier alpha value is -1.18. The van der Waals surface area contributed by atoms with E-state index in [1.807, 2.05) is 6.92 Å². The first-order valence-electron chi connectivity index (χ1n) is 12.0. The molecule has 1 N–H and O–H groups in total. The van der Waals surface area contributed by atoms with Crippen LogP contribution in [0.15, 0.2) is 21.9 Å². The minimum absolute atomic E-state index is 0.0477. The lowest BCUT2D eigenvalue weighted by atomic mass is 9.80. The maximum absolute atomic E-state index is 12.4. The number of aromatic nitrogens is 1. The second kappa shape index (κ2) is 12.3. The maximum atomic E-state index is 12.4. The molecule has 2 saturated carbocycles. The van der Waals surface area contributed by atoms with Gasteiger partial charge in [0.15, 0.2) is 10.0 Å². The van der Waals surface area contributed by atoms with E-state index in [9.17, 15) is 14.7 Å². The first-order chi connectivity index (χ1) is 15.4. The minimum atomic E-state index is -0.659. The fraction of sp³-hybridized carbons (Fsp3) is 0.720. The molecule has 0 spiro atoms. The van der Waals surface area contributed by atoms with Crippen molar-refractivity contribution < 1.29 is 19.4 Å². The average Bonchev–Trinajstić information content (AvgIpc) is 3.36. The summed E-state index contributed by atoms with van der Waals surface area (Å²) in [5.74, 6) is 1.73. The molecule has 0 aromatic carbocycles. The molecule has 1 heterocycles. The second-order valence-corrected chi connectivity index (χ2v) is 11.7. The number of hydrogen-bond donors (Lipinski definition) is 1. The summed E-state index contributed by atoms with van der Waals surface area (Å²) in [6.07, 6.45) is 14.6. The first-order valence-corrected chi connectivity index (χ1v) is 13.9. The normalized spacial score (nSPS) is 24.2. The Labute approximate surface area is 200 Å². The number of Topliss-reactive ketones (excluding diaryl/α,β-unsaturated/α-hetero) is 1. The highest BCUT2D eigenvalue weighted by Crippen LogP contribution is 2.36. The van der Waals surface area contributed by atoms with Crippen molar-refractivity contribution in [2.75, 3.05) is 12.4 Å². The van der Waals surface area contributed by atoms with E-state index in [4.69, 9.17) is 4.74 Å². The van der Waals surface area contributed by atoms with Crippen LogP contribution in [0.4, 0.5) is 0 Å². The van der Waals surface area contributed by atoms with E-state index in [1.54, 1.807) is 24.1 Å². The third kappa shape index (κ3) is 7.70. The van der Waals surface area contributed by atoms with E-state index in [0.29, 0.717) is 36.8 Å². The number of allylic oxidation sites excluding steroid dienone is 1. The van der Waals surface area contributed by atoms with Crippen LogP contribution >= 0.6 is 23.1 Å². The zero-order valence-corrected chi connectivity index (χ0v) is 21.0. The largest absolute Gasteiger partial charge is 0.461 e. The molecular weight excluding hydrogens is 442 g/mol. The van der Waals surface area contributed by atoms with Crippen molar-refractivity contribution >= 4 is 34.9 Å². The highest BCUT2D eigenvalue weighted by Gasteiger charge is 2.33. The van der Waals surface area contributed by atoms with E-state index < -0.39 is 5.60 Å². The van der Waals surface area contributed by atoms with Gasteiger partial charge >= 0.3 is 5.97 Å². The monoisotopic (exact) mass is 479 g/mol. The lowest BCUT2D eigenvalue weighted by molar-refractivity contribution is -0.121. The number of carbonyl (C=O) groups is 2. The molecule has 1 aromatic rings. The van der Waals surface area contributed by atoms with E-state index in [1.165, 1.54) is 43.4 Å². The number of thioether (sulfide) groups is 1. The van der Waals surface area contributed by atoms with E-state index in [2.05, 4.69) is 17.1 Å². The topological polar surface area (TPSA) is 76.5 Å². The number of hydrogen-bond acceptors (Lipinski definition) is 7. The molecular formula is C25H37NO4S2. The van der Waals surface area contributed by atoms with Gasteiger partial charge in [0.2, 0.25) is 0 Å². The van der Waals surface area contributed by atoms with Gasteiger partial charge in [-0.05, 0) is 51.4 Å². The van der Waals surface area contributed by atoms with E-state index in [0.717, 1.165) is 29.4 Å². The molecule has 3 unspecified atom stereocenters. The Balaban J connectivity index is 1.44. The van der Waals surface area contributed by atoms with Gasteiger partial charge in [0, 0.05) is 23.5 Å². The smallest absolute Gasteiger partial charge is 0.357 e. The highest BCUT2D eigenvalue weighted by atomic mass is 32.2. The van der Waals surface area contributed by atoms with Crippen LogP contribution in [0.3, 0.4) is 0 Å². The quantitative estimate of drug-likeness (QED) is 0.236. The van der Waals surface area contributed by atoms with Gasteiger partial charge in [0.25, 0.3) is 0 Å². The van der Waals surface area contributed by atoms with Gasteiger partial charge in [-0.3, -0.25) is 4.79 Å². The molecule has 32 heavy (non-hydrogen) atoms. The van der Waals surface area contributed by atoms with Crippen molar-refractivity contribution in [1.29, 1.82) is 0 Å². The van der Waals surface area contributed by atoms with Crippen LogP contribution < -0.4 is 0 Å². The number of ketones is 1. The van der Waals surface area contributed by atoms with Crippen molar-refractivity contribution in [3.63, 3.8) is 0 Å². The minimum Gasteiger partial charge on any atom is -0.461 e. The lowest BCUT2D eigenvalue weighted by Gasteiger charge is -2.30. The summed E-state index contributed by atoms with van der Waals surface area (Å²) in [6, 6.07) is 0. The van der Waals surface area contributed by atoms with Gasteiger partial charge < -0.3 is 9.84 Å². The molecule has 5 nitrogen and oxygen atoms in total. The number of ether oxygens (including phenoxy) is 1. The maximum Gasteiger partial charge on any atom is 0.357 e. The van der Waals surface area contributed by atoms with Crippen LogP contribution in [0.2, 0.25) is 0 Å². The third-order valence-electron chi connectivity index (χ3n) is 6.67. The molecule has 0 bridgehead atoms. The second-order valence-electron chi connectivity index (χ2n) is 9.47. The highest BCUT2D eigenvalue weighted by molar-refractivity contribution is 8.01. The van der Waals surface area contributed by atoms with Crippen molar-refractivity contribution in [3.8, 4) is 0 Å². The molecule has 3 atom stereocenters. The Morgan fingerprint density at radius 1 is 1.34 bits per heavy atom. The molecule has 3 rings (SSSR count). The Bertz CT molecular complexity index is 783. The molecule has 7 heteroatoms. The fourth-order valence-corrected chi connectivity index (χ4v) is 6.92. The van der Waals surface area contributed by atoms with Gasteiger partial charge in [-0.2, -0.15) is 0 Å². The Morgan fingerprint density at radius 3 is 2.88 bits per heavy atom. The SMILES string of the molecule is CCOC(=O)c1csc(SCCC2C(=O)CCC2C=CCC(C)(O)CC2CCCCC2)n1. The molecule has 0 aliphatic heterocycles. The van der Waals surface area contributed by atoms with Crippen molar-refractivity contribution in [2.24, 2.45) is 17.8 Å². The summed E-state index contributed by atoms with van der Waals surface area (Å²) in [6.45, 7) is 4.08. The third-order valence-corrected chi connectivity index (χ3v) is 8.72. The molecule has 178 valence electrons. The summed E-state index contributed by atoms with van der Waals surface area (Å²) in [7, 11) is 0. The van der Waals surface area contributed by atoms with Gasteiger partial charge in [0.1, 0.15) is 5.78 Å². The number of nitrogens with zero attached hydrogens (tertiary/aromatic N) is 1. The van der Waals surface area contributed by atoms with Gasteiger partial charge in [-0.15, -0.1) is 11.3 Å². The number of esters is 1. The Kier molecular flexibility index (Phi) is 9.80. The molecule has 2 aliphatic carbocycles. The predicted octanol–water partition coefficient (Wildman–Crippen LogP) is 6.07. The number of carbonyl (C=O) groups excluding carboxylic acids is 2. The molecule has 2 aliphatic rings. The standard InChI is InChI=1S/C25H37NO4S2/c1-3-30-23(28)21-17-32-24(26-21)31-15-13-20-19(11-12-22(20)27)10-7-14-25(2,29)16-18-8-5-4-6-9-18/h7,10,17-20,29H,3-6,8-9,11-16H2,1-2H3. The molecule has 0 radical (unpaired) electrons. The summed E-state index contributed by atoms with van der Waals surface area (Å²) in [5, 5.41) is 12.6. The lowest BCUT2D eigenvalue weighted by Crippen LogP contribution is -2.28. The van der Waals surface area contributed by atoms with Crippen LogP contribution in [-0.4, -0.2) is 39.8 Å². The van der Waals surface area contributed by atoms with Crippen molar-refractivity contribution in [1.82, 2.24) is 4.98 Å². The summed E-state index contributed by atoms with van der Waals surface area (Å²) >= 11 is 3.04. The predicted molar refractivity (Wildman–Crippen MR) is 130 cm³/mol. The van der Waals surface area contributed by atoms with Gasteiger partial charge in [-0.1, -0.05) is 56.0 Å². The molecule has 1 aromatic heterocycles. The van der Waals surface area contributed by atoms with E-state index >= 15 is 0 Å². The zero-order valence-electron chi connectivity index (χ0n) is 19.4. The van der Waals surface area contributed by atoms with Crippen molar-refractivity contribution in [2.45, 2.75) is 88.0 Å². The van der Waals surface area contributed by atoms with Crippen LogP contribution in [0, 0.1) is 17.8 Å². The average molecular weight is 480 g/mol. The summed E-state index contributed by atoms with van der Waals surface area (Å²) in [5.41, 5.74) is -0.300. The van der Waals surface area contributed by atoms with Crippen LogP contribution in [0.1, 0.15) is 88.5 Å². The summed E-state index contributed by atoms with van der Waals surface area (Å²) in [4.78, 5) is 28.5. The molecule has 0 amide bonds. The number of thiazole rings is 1. The van der Waals surface area contributed by atoms with Crippen LogP contribution in [0.25, 0.3) is 0 Å². The number of aliphatic hydroxyl groups is 1. The van der Waals surface area contributed by atoms with Crippen LogP contribution in [0.5, 0.6) is 0 Å². The van der Waals surface area contributed by atoms with Crippen LogP contribution in [-0.2, 0) is 9.53 Å². The Morgan fingerprint density at radius 2 is 2.12 bits per heavy atom. The van der Waals surface area contributed by atoms with Gasteiger partial charge in [-0.25, -0.2) is 9.78 Å². The molecule has 0 saturated heterocycles. The number of rotatable bonds is 11. The van der Waals surface area contributed by atoms with Gasteiger partial charge in [0.05, 0.1) is 12.2 Å². The summed E-state index contributed by atoms with van der Waals surface area (Å²) < 4.78 is 5.82. The zero-order chi connectivity index (χ0) is 23.0. The fourth-order valence-electron chi connectivity index (χ4n) is 5.03. The molecule has 2 fully saturated rings. The van der Waals surface area contributed by atoms with E-state index in [-0.39, 0.29) is 17.8 Å². The first kappa shape index (κ1) is 25.4. The van der Waals surface area contributed by atoms with Crippen molar-refractivity contribution in [3.05, 3.63) is 23.2 Å².